The quantitative estimate of drug-likeness (QED) is 0.902. The molecule has 0 atom stereocenters. The number of halogens is 3. The first-order valence-corrected chi connectivity index (χ1v) is 6.04. The fourth-order valence-electron chi connectivity index (χ4n) is 2.42. The summed E-state index contributed by atoms with van der Waals surface area (Å²) in [4.78, 5) is 0. The Morgan fingerprint density at radius 1 is 1.11 bits per heavy atom. The Hall–Kier alpha value is -1.23. The minimum absolute atomic E-state index is 0.170. The topological polar surface area (TPSA) is 35.2 Å². The zero-order valence-corrected chi connectivity index (χ0v) is 10.0. The van der Waals surface area contributed by atoms with Crippen LogP contribution < -0.4 is 10.5 Å². The van der Waals surface area contributed by atoms with E-state index in [4.69, 9.17) is 10.5 Å². The van der Waals surface area contributed by atoms with E-state index in [-0.39, 0.29) is 12.0 Å². The van der Waals surface area contributed by atoms with Crippen molar-refractivity contribution in [3.8, 4) is 5.75 Å². The third-order valence-corrected chi connectivity index (χ3v) is 3.58. The summed E-state index contributed by atoms with van der Waals surface area (Å²) in [5.74, 6) is -3.50. The van der Waals surface area contributed by atoms with Crippen LogP contribution in [0.4, 0.5) is 13.2 Å². The lowest BCUT2D eigenvalue weighted by Gasteiger charge is -2.27. The van der Waals surface area contributed by atoms with Gasteiger partial charge in [0, 0.05) is 24.1 Å². The molecule has 2 nitrogen and oxygen atoms in total. The number of rotatable bonds is 4. The maximum absolute atomic E-state index is 13.4. The van der Waals surface area contributed by atoms with Crippen LogP contribution >= 0.6 is 0 Å². The van der Waals surface area contributed by atoms with E-state index in [0.29, 0.717) is 18.7 Å². The molecule has 1 saturated carbocycles. The summed E-state index contributed by atoms with van der Waals surface area (Å²) in [6.45, 7) is 0.598. The van der Waals surface area contributed by atoms with Crippen LogP contribution in [0.25, 0.3) is 0 Å². The van der Waals surface area contributed by atoms with Gasteiger partial charge in [0.15, 0.2) is 17.4 Å². The third kappa shape index (κ3) is 2.61. The van der Waals surface area contributed by atoms with Gasteiger partial charge in [0.25, 0.3) is 0 Å². The molecule has 0 spiro atoms. The second-order valence-electron chi connectivity index (χ2n) is 4.90. The fourth-order valence-corrected chi connectivity index (χ4v) is 2.42. The number of benzene rings is 1. The van der Waals surface area contributed by atoms with Gasteiger partial charge in [-0.25, -0.2) is 13.2 Å². The second kappa shape index (κ2) is 5.18. The summed E-state index contributed by atoms with van der Waals surface area (Å²) in [6.07, 6.45) is 3.89. The highest BCUT2D eigenvalue weighted by molar-refractivity contribution is 5.27. The molecule has 0 bridgehead atoms. The Balaban J connectivity index is 2.10. The lowest BCUT2D eigenvalue weighted by atomic mass is 9.87. The van der Waals surface area contributed by atoms with Crippen LogP contribution in [0.1, 0.15) is 25.7 Å². The lowest BCUT2D eigenvalue weighted by molar-refractivity contribution is 0.146. The van der Waals surface area contributed by atoms with Crippen molar-refractivity contribution >= 4 is 0 Å². The van der Waals surface area contributed by atoms with Gasteiger partial charge in [0.05, 0.1) is 6.61 Å². The molecule has 0 saturated heterocycles. The fraction of sp³-hybridized carbons (Fsp3) is 0.538. The van der Waals surface area contributed by atoms with Gasteiger partial charge >= 0.3 is 0 Å². The van der Waals surface area contributed by atoms with E-state index in [1.54, 1.807) is 0 Å². The predicted octanol–water partition coefficient (Wildman–Crippen LogP) is 3.00. The first-order chi connectivity index (χ1) is 8.56. The predicted molar refractivity (Wildman–Crippen MR) is 61.8 cm³/mol. The molecule has 0 heterocycles. The molecule has 18 heavy (non-hydrogen) atoms. The molecule has 5 heteroatoms. The molecule has 1 aliphatic rings. The summed E-state index contributed by atoms with van der Waals surface area (Å²) < 4.78 is 44.7. The van der Waals surface area contributed by atoms with Gasteiger partial charge in [0.2, 0.25) is 0 Å². The molecule has 2 N–H and O–H groups in total. The van der Waals surface area contributed by atoms with Crippen LogP contribution in [-0.4, -0.2) is 13.2 Å². The first kappa shape index (κ1) is 13.2. The van der Waals surface area contributed by atoms with Crippen molar-refractivity contribution in [2.45, 2.75) is 25.7 Å². The molecule has 100 valence electrons. The van der Waals surface area contributed by atoms with E-state index >= 15 is 0 Å². The van der Waals surface area contributed by atoms with Crippen molar-refractivity contribution in [2.75, 3.05) is 13.2 Å². The largest absolute Gasteiger partial charge is 0.487 e. The van der Waals surface area contributed by atoms with Crippen LogP contribution in [0.3, 0.4) is 0 Å². The van der Waals surface area contributed by atoms with Crippen LogP contribution in [0.15, 0.2) is 12.1 Å². The van der Waals surface area contributed by atoms with Gasteiger partial charge in [-0.15, -0.1) is 0 Å². The molecule has 1 aliphatic carbocycles. The molecule has 2 rings (SSSR count). The zero-order valence-electron chi connectivity index (χ0n) is 10.0. The highest BCUT2D eigenvalue weighted by Gasteiger charge is 2.33. The minimum Gasteiger partial charge on any atom is -0.487 e. The van der Waals surface area contributed by atoms with Crippen molar-refractivity contribution < 1.29 is 17.9 Å². The summed E-state index contributed by atoms with van der Waals surface area (Å²) in [5, 5.41) is 0. The maximum Gasteiger partial charge on any atom is 0.190 e. The second-order valence-corrected chi connectivity index (χ2v) is 4.90. The van der Waals surface area contributed by atoms with Gasteiger partial charge < -0.3 is 10.5 Å². The van der Waals surface area contributed by atoms with Crippen LogP contribution in [0, 0.1) is 22.9 Å². The molecule has 1 fully saturated rings. The monoisotopic (exact) mass is 259 g/mol. The third-order valence-electron chi connectivity index (χ3n) is 3.58. The average molecular weight is 259 g/mol. The van der Waals surface area contributed by atoms with E-state index < -0.39 is 23.2 Å². The molecule has 1 aromatic carbocycles. The molecular formula is C13H16F3NO. The van der Waals surface area contributed by atoms with Gasteiger partial charge in [-0.05, 0) is 12.8 Å². The summed E-state index contributed by atoms with van der Waals surface area (Å²) in [7, 11) is 0. The van der Waals surface area contributed by atoms with Crippen LogP contribution in [0.5, 0.6) is 5.75 Å². The summed E-state index contributed by atoms with van der Waals surface area (Å²) in [5.41, 5.74) is 5.50. The number of ether oxygens (including phenoxy) is 1. The van der Waals surface area contributed by atoms with Crippen molar-refractivity contribution in [2.24, 2.45) is 11.1 Å². The Bertz CT molecular complexity index is 407. The molecule has 0 amide bonds. The standard InChI is InChI=1S/C13H16F3NO/c14-9-5-10(15)12(11(16)6-9)18-8-13(7-17)3-1-2-4-13/h5-6H,1-4,7-8,17H2. The Morgan fingerprint density at radius 2 is 1.67 bits per heavy atom. The van der Waals surface area contributed by atoms with E-state index in [0.717, 1.165) is 25.7 Å². The SMILES string of the molecule is NCC1(COc2c(F)cc(F)cc2F)CCCC1. The zero-order chi connectivity index (χ0) is 13.2. The van der Waals surface area contributed by atoms with Gasteiger partial charge in [-0.2, -0.15) is 0 Å². The maximum atomic E-state index is 13.4. The molecular weight excluding hydrogens is 243 g/mol. The highest BCUT2D eigenvalue weighted by atomic mass is 19.1. The van der Waals surface area contributed by atoms with E-state index in [1.807, 2.05) is 0 Å². The average Bonchev–Trinajstić information content (AvgIpc) is 2.77. The van der Waals surface area contributed by atoms with Crippen LogP contribution in [0.2, 0.25) is 0 Å². The number of hydrogen-bond acceptors (Lipinski definition) is 2. The Labute approximate surface area is 104 Å². The summed E-state index contributed by atoms with van der Waals surface area (Å²) in [6, 6.07) is 1.23. The van der Waals surface area contributed by atoms with E-state index in [9.17, 15) is 13.2 Å². The van der Waals surface area contributed by atoms with E-state index in [1.165, 1.54) is 0 Å². The van der Waals surface area contributed by atoms with Crippen molar-refractivity contribution in [3.05, 3.63) is 29.6 Å². The highest BCUT2D eigenvalue weighted by Crippen LogP contribution is 2.38. The van der Waals surface area contributed by atoms with Crippen molar-refractivity contribution in [1.29, 1.82) is 0 Å². The molecule has 0 radical (unpaired) electrons. The van der Waals surface area contributed by atoms with Gasteiger partial charge in [0.1, 0.15) is 5.82 Å². The van der Waals surface area contributed by atoms with Crippen molar-refractivity contribution in [3.63, 3.8) is 0 Å². The Kier molecular flexibility index (Phi) is 3.80. The van der Waals surface area contributed by atoms with Gasteiger partial charge in [-0.1, -0.05) is 12.8 Å². The molecule has 0 aliphatic heterocycles. The number of nitrogens with two attached hydrogens (primary N) is 1. The minimum atomic E-state index is -1.02. The number of hydrogen-bond donors (Lipinski definition) is 1. The lowest BCUT2D eigenvalue weighted by Crippen LogP contribution is -2.34. The Morgan fingerprint density at radius 3 is 2.17 bits per heavy atom. The molecule has 0 aromatic heterocycles. The van der Waals surface area contributed by atoms with Crippen LogP contribution in [-0.2, 0) is 0 Å². The first-order valence-electron chi connectivity index (χ1n) is 6.04. The van der Waals surface area contributed by atoms with Crippen molar-refractivity contribution in [1.82, 2.24) is 0 Å². The summed E-state index contributed by atoms with van der Waals surface area (Å²) >= 11 is 0. The van der Waals surface area contributed by atoms with Gasteiger partial charge in [-0.3, -0.25) is 0 Å². The molecule has 0 unspecified atom stereocenters. The molecule has 1 aromatic rings. The smallest absolute Gasteiger partial charge is 0.190 e. The normalized spacial score (nSPS) is 18.0. The van der Waals surface area contributed by atoms with E-state index in [2.05, 4.69) is 0 Å².